The molecule has 96 valence electrons. The fourth-order valence-corrected chi connectivity index (χ4v) is 2.19. The van der Waals surface area contributed by atoms with E-state index in [1.54, 1.807) is 11.8 Å². The van der Waals surface area contributed by atoms with Crippen LogP contribution < -0.4 is 5.73 Å². The highest BCUT2D eigenvalue weighted by Crippen LogP contribution is 2.25. The van der Waals surface area contributed by atoms with E-state index in [0.717, 1.165) is 25.7 Å². The zero-order chi connectivity index (χ0) is 12.8. The minimum atomic E-state index is -0.633. The van der Waals surface area contributed by atoms with Crippen molar-refractivity contribution in [2.45, 2.75) is 57.4 Å². The number of nitrogens with zero attached hydrogens (tertiary/aromatic N) is 1. The number of rotatable bonds is 7. The molecule has 5 heteroatoms. The van der Waals surface area contributed by atoms with Crippen molar-refractivity contribution >= 4 is 31.2 Å². The molecule has 2 atom stereocenters. The summed E-state index contributed by atoms with van der Waals surface area (Å²) < 4.78 is -0.633. The summed E-state index contributed by atoms with van der Waals surface area (Å²) in [5.41, 5.74) is 5.72. The molecule has 0 aromatic carbocycles. The first-order valence-electron chi connectivity index (χ1n) is 5.76. The molecule has 0 saturated heterocycles. The molecular formula is C11H24N2OS2. The third-order valence-electron chi connectivity index (χ3n) is 2.63. The molecule has 0 aliphatic rings. The number of nitrogens with two attached hydrogens (primary N) is 1. The van der Waals surface area contributed by atoms with E-state index in [1.165, 1.54) is 0 Å². The van der Waals surface area contributed by atoms with E-state index in [1.807, 2.05) is 6.92 Å². The first kappa shape index (κ1) is 16.1. The first-order chi connectivity index (χ1) is 7.36. The lowest BCUT2D eigenvalue weighted by atomic mass is 10.0. The van der Waals surface area contributed by atoms with E-state index in [2.05, 4.69) is 32.2 Å². The summed E-state index contributed by atoms with van der Waals surface area (Å²) in [4.78, 5) is 13.7. The summed E-state index contributed by atoms with van der Waals surface area (Å²) in [6.45, 7) is 5.77. The van der Waals surface area contributed by atoms with Crippen molar-refractivity contribution in [2.75, 3.05) is 5.88 Å². The minimum absolute atomic E-state index is 0.0306. The Morgan fingerprint density at radius 2 is 2.06 bits per heavy atom. The highest BCUT2D eigenvalue weighted by Gasteiger charge is 2.33. The van der Waals surface area contributed by atoms with Crippen LogP contribution in [0.4, 0.5) is 0 Å². The molecular weight excluding hydrogens is 240 g/mol. The monoisotopic (exact) mass is 264 g/mol. The molecule has 0 fully saturated rings. The number of amides is 1. The molecule has 0 bridgehead atoms. The number of carbonyl (C=O) groups excluding carboxylic acids is 1. The van der Waals surface area contributed by atoms with Crippen molar-refractivity contribution in [3.63, 3.8) is 0 Å². The van der Waals surface area contributed by atoms with Crippen LogP contribution >= 0.6 is 25.3 Å². The van der Waals surface area contributed by atoms with Crippen molar-refractivity contribution < 1.29 is 4.79 Å². The lowest BCUT2D eigenvalue weighted by molar-refractivity contribution is -0.134. The number of hydrogen-bond acceptors (Lipinski definition) is 4. The fraction of sp³-hybridized carbons (Fsp3) is 0.909. The molecule has 0 spiro atoms. The Labute approximate surface area is 110 Å². The molecule has 0 aromatic heterocycles. The van der Waals surface area contributed by atoms with E-state index >= 15 is 0 Å². The van der Waals surface area contributed by atoms with Gasteiger partial charge in [-0.15, -0.1) is 0 Å². The predicted octanol–water partition coefficient (Wildman–Crippen LogP) is 2.28. The molecule has 1 unspecified atom stereocenters. The Morgan fingerprint density at radius 1 is 1.50 bits per heavy atom. The summed E-state index contributed by atoms with van der Waals surface area (Å²) in [6, 6.07) is 0. The van der Waals surface area contributed by atoms with Gasteiger partial charge in [0.2, 0.25) is 5.91 Å². The van der Waals surface area contributed by atoms with Gasteiger partial charge in [0, 0.05) is 0 Å². The van der Waals surface area contributed by atoms with Gasteiger partial charge in [-0.25, -0.2) is 0 Å². The van der Waals surface area contributed by atoms with E-state index in [-0.39, 0.29) is 12.1 Å². The number of hydrogen-bond donors (Lipinski definition) is 3. The van der Waals surface area contributed by atoms with Crippen molar-refractivity contribution in [3.05, 3.63) is 0 Å². The van der Waals surface area contributed by atoms with Gasteiger partial charge in [0.05, 0.1) is 16.8 Å². The Balaban J connectivity index is 4.42. The largest absolute Gasteiger partial charge is 0.317 e. The minimum Gasteiger partial charge on any atom is -0.317 e. The van der Waals surface area contributed by atoms with Crippen molar-refractivity contribution in [1.29, 1.82) is 0 Å². The van der Waals surface area contributed by atoms with Crippen LogP contribution in [-0.2, 0) is 4.79 Å². The normalized spacial score (nSPS) is 16.6. The molecule has 1 amide bonds. The fourth-order valence-electron chi connectivity index (χ4n) is 1.51. The average Bonchev–Trinajstić information content (AvgIpc) is 2.18. The Kier molecular flexibility index (Phi) is 7.52. The van der Waals surface area contributed by atoms with Crippen LogP contribution in [-0.4, -0.2) is 27.6 Å². The van der Waals surface area contributed by atoms with Crippen molar-refractivity contribution in [2.24, 2.45) is 5.73 Å². The zero-order valence-corrected chi connectivity index (χ0v) is 12.2. The van der Waals surface area contributed by atoms with Gasteiger partial charge in [0.15, 0.2) is 0 Å². The quantitative estimate of drug-likeness (QED) is 0.375. The summed E-state index contributed by atoms with van der Waals surface area (Å²) in [6.07, 6.45) is 3.74. The van der Waals surface area contributed by atoms with Crippen LogP contribution in [0.5, 0.6) is 0 Å². The SMILES string of the molecule is CCCCCC(C)(S)C(=O)N(CS)[C@H](C)N. The average molecular weight is 264 g/mol. The summed E-state index contributed by atoms with van der Waals surface area (Å²) in [7, 11) is 0. The molecule has 0 radical (unpaired) electrons. The summed E-state index contributed by atoms with van der Waals surface area (Å²) >= 11 is 8.59. The maximum absolute atomic E-state index is 12.2. The first-order valence-corrected chi connectivity index (χ1v) is 6.84. The van der Waals surface area contributed by atoms with Gasteiger partial charge in [0.25, 0.3) is 0 Å². The second-order valence-corrected chi connectivity index (χ2v) is 5.66. The van der Waals surface area contributed by atoms with E-state index in [9.17, 15) is 4.79 Å². The van der Waals surface area contributed by atoms with Crippen LogP contribution in [0.25, 0.3) is 0 Å². The molecule has 0 aliphatic heterocycles. The molecule has 3 nitrogen and oxygen atoms in total. The third-order valence-corrected chi connectivity index (χ3v) is 3.35. The third kappa shape index (κ3) is 4.97. The van der Waals surface area contributed by atoms with Crippen LogP contribution in [0.3, 0.4) is 0 Å². The zero-order valence-electron chi connectivity index (χ0n) is 10.4. The maximum Gasteiger partial charge on any atom is 0.240 e. The molecule has 0 heterocycles. The lowest BCUT2D eigenvalue weighted by Crippen LogP contribution is -2.50. The van der Waals surface area contributed by atoms with E-state index in [0.29, 0.717) is 5.88 Å². The highest BCUT2D eigenvalue weighted by molar-refractivity contribution is 7.82. The van der Waals surface area contributed by atoms with Gasteiger partial charge in [-0.1, -0.05) is 26.2 Å². The molecule has 0 aromatic rings. The molecule has 2 N–H and O–H groups in total. The summed E-state index contributed by atoms with van der Waals surface area (Å²) in [5.74, 6) is 0.303. The van der Waals surface area contributed by atoms with Crippen LogP contribution in [0.1, 0.15) is 46.5 Å². The second kappa shape index (κ2) is 7.45. The second-order valence-electron chi connectivity index (χ2n) is 4.39. The van der Waals surface area contributed by atoms with Crippen LogP contribution in [0, 0.1) is 0 Å². The van der Waals surface area contributed by atoms with Gasteiger partial charge in [-0.3, -0.25) is 4.79 Å². The van der Waals surface area contributed by atoms with Crippen LogP contribution in [0.15, 0.2) is 0 Å². The molecule has 0 saturated carbocycles. The number of unbranched alkanes of at least 4 members (excludes halogenated alkanes) is 2. The standard InChI is InChI=1S/C11H24N2OS2/c1-4-5-6-7-11(3,16)10(14)13(8-15)9(2)12/h9,15-16H,4-8,12H2,1-3H3/t9-,11?/m1/s1. The van der Waals surface area contributed by atoms with Crippen LogP contribution in [0.2, 0.25) is 0 Å². The predicted molar refractivity (Wildman–Crippen MR) is 75.9 cm³/mol. The number of carbonyl (C=O) groups is 1. The van der Waals surface area contributed by atoms with Crippen molar-refractivity contribution in [1.82, 2.24) is 4.90 Å². The van der Waals surface area contributed by atoms with Crippen molar-refractivity contribution in [3.8, 4) is 0 Å². The van der Waals surface area contributed by atoms with E-state index < -0.39 is 4.75 Å². The molecule has 0 rings (SSSR count). The van der Waals surface area contributed by atoms with Gasteiger partial charge in [-0.2, -0.15) is 25.3 Å². The van der Waals surface area contributed by atoms with Gasteiger partial charge < -0.3 is 10.6 Å². The Bertz CT molecular complexity index is 220. The smallest absolute Gasteiger partial charge is 0.240 e. The van der Waals surface area contributed by atoms with Gasteiger partial charge >= 0.3 is 0 Å². The Hall–Kier alpha value is 0.130. The summed E-state index contributed by atoms with van der Waals surface area (Å²) in [5, 5.41) is 0. The molecule has 0 aliphatic carbocycles. The maximum atomic E-state index is 12.2. The lowest BCUT2D eigenvalue weighted by Gasteiger charge is -2.32. The highest BCUT2D eigenvalue weighted by atomic mass is 32.1. The Morgan fingerprint density at radius 3 is 2.44 bits per heavy atom. The van der Waals surface area contributed by atoms with E-state index in [4.69, 9.17) is 5.73 Å². The van der Waals surface area contributed by atoms with Gasteiger partial charge in [-0.05, 0) is 20.3 Å². The molecule has 16 heavy (non-hydrogen) atoms. The van der Waals surface area contributed by atoms with Gasteiger partial charge in [0.1, 0.15) is 0 Å². The topological polar surface area (TPSA) is 46.3 Å². The number of thiol groups is 2.